The number of rotatable bonds is 5. The van der Waals surface area contributed by atoms with Gasteiger partial charge in [-0.3, -0.25) is 0 Å². The molecule has 1 N–H and O–H groups in total. The molecule has 0 radical (unpaired) electrons. The van der Waals surface area contributed by atoms with Crippen molar-refractivity contribution in [3.8, 4) is 0 Å². The van der Waals surface area contributed by atoms with Gasteiger partial charge in [-0.25, -0.2) is 0 Å². The lowest BCUT2D eigenvalue weighted by Crippen LogP contribution is -2.35. The van der Waals surface area contributed by atoms with Crippen LogP contribution in [-0.4, -0.2) is 36.6 Å². The Morgan fingerprint density at radius 2 is 1.75 bits per heavy atom. The zero-order valence-corrected chi connectivity index (χ0v) is 11.2. The van der Waals surface area contributed by atoms with Crippen LogP contribution in [-0.2, 0) is 0 Å². The summed E-state index contributed by atoms with van der Waals surface area (Å²) in [5, 5.41) is 3.52. The summed E-state index contributed by atoms with van der Waals surface area (Å²) in [6, 6.07) is 1.40. The Bertz CT molecular complexity index is 203. The molecule has 0 amide bonds. The molecular weight excluding hydrogens is 196 g/mol. The van der Waals surface area contributed by atoms with E-state index in [1.54, 1.807) is 0 Å². The Kier molecular flexibility index (Phi) is 4.26. The molecule has 3 atom stereocenters. The van der Waals surface area contributed by atoms with Crippen molar-refractivity contribution >= 4 is 0 Å². The smallest absolute Gasteiger partial charge is 0.00792 e. The third-order valence-corrected chi connectivity index (χ3v) is 4.49. The summed E-state index contributed by atoms with van der Waals surface area (Å²) in [5.74, 6) is 2.08. The quantitative estimate of drug-likeness (QED) is 0.772. The first-order chi connectivity index (χ1) is 7.66. The molecule has 94 valence electrons. The summed E-state index contributed by atoms with van der Waals surface area (Å²) in [7, 11) is 0. The number of hydrogen-bond donors (Lipinski definition) is 1. The zero-order chi connectivity index (χ0) is 11.5. The minimum atomic E-state index is 0.630. The summed E-state index contributed by atoms with van der Waals surface area (Å²) in [6.45, 7) is 10.8. The number of hydrogen-bond acceptors (Lipinski definition) is 2. The lowest BCUT2D eigenvalue weighted by molar-refractivity contribution is 0.226. The first kappa shape index (κ1) is 12.4. The van der Waals surface area contributed by atoms with Crippen LogP contribution in [0.4, 0.5) is 0 Å². The minimum Gasteiger partial charge on any atom is -0.314 e. The summed E-state index contributed by atoms with van der Waals surface area (Å²) in [6.07, 6.45) is 5.79. The van der Waals surface area contributed by atoms with E-state index in [9.17, 15) is 0 Å². The molecule has 16 heavy (non-hydrogen) atoms. The number of likely N-dealkylation sites (tertiary alicyclic amines) is 1. The van der Waals surface area contributed by atoms with Crippen LogP contribution in [0.1, 0.15) is 46.5 Å². The van der Waals surface area contributed by atoms with Gasteiger partial charge in [0.15, 0.2) is 0 Å². The first-order valence-corrected chi connectivity index (χ1v) is 7.14. The van der Waals surface area contributed by atoms with E-state index in [2.05, 4.69) is 31.0 Å². The van der Waals surface area contributed by atoms with Crippen molar-refractivity contribution in [2.45, 2.75) is 58.5 Å². The molecule has 2 nitrogen and oxygen atoms in total. The second-order valence-corrected chi connectivity index (χ2v) is 6.15. The number of fused-ring (bicyclic) bond motifs is 1. The van der Waals surface area contributed by atoms with Gasteiger partial charge in [0, 0.05) is 25.2 Å². The predicted octanol–water partition coefficient (Wildman–Crippen LogP) is 2.49. The van der Waals surface area contributed by atoms with Crippen LogP contribution in [0.3, 0.4) is 0 Å². The van der Waals surface area contributed by atoms with Gasteiger partial charge >= 0.3 is 0 Å². The Balaban J connectivity index is 1.68. The van der Waals surface area contributed by atoms with E-state index in [0.717, 1.165) is 17.9 Å². The van der Waals surface area contributed by atoms with Crippen LogP contribution in [0.25, 0.3) is 0 Å². The van der Waals surface area contributed by atoms with Crippen LogP contribution in [0, 0.1) is 11.8 Å². The molecule has 2 rings (SSSR count). The normalized spacial score (nSPS) is 32.2. The van der Waals surface area contributed by atoms with E-state index < -0.39 is 0 Å². The Morgan fingerprint density at radius 1 is 1.12 bits per heavy atom. The van der Waals surface area contributed by atoms with Gasteiger partial charge < -0.3 is 10.2 Å². The van der Waals surface area contributed by atoms with Gasteiger partial charge in [0.2, 0.25) is 0 Å². The van der Waals surface area contributed by atoms with Crippen molar-refractivity contribution in [3.63, 3.8) is 0 Å². The molecule has 3 unspecified atom stereocenters. The van der Waals surface area contributed by atoms with Gasteiger partial charge in [-0.15, -0.1) is 0 Å². The fourth-order valence-electron chi connectivity index (χ4n) is 3.39. The molecule has 0 bridgehead atoms. The molecule has 1 aliphatic carbocycles. The number of nitrogens with one attached hydrogen (secondary N) is 1. The van der Waals surface area contributed by atoms with Gasteiger partial charge in [0.25, 0.3) is 0 Å². The van der Waals surface area contributed by atoms with E-state index in [-0.39, 0.29) is 0 Å². The Labute approximate surface area is 101 Å². The second kappa shape index (κ2) is 5.50. The van der Waals surface area contributed by atoms with Crippen molar-refractivity contribution in [2.75, 3.05) is 19.6 Å². The summed E-state index contributed by atoms with van der Waals surface area (Å²) in [4.78, 5) is 2.73. The molecule has 0 aromatic carbocycles. The van der Waals surface area contributed by atoms with Crippen molar-refractivity contribution in [3.05, 3.63) is 0 Å². The molecule has 0 aromatic heterocycles. The minimum absolute atomic E-state index is 0.630. The largest absolute Gasteiger partial charge is 0.314 e. The highest BCUT2D eigenvalue weighted by Gasteiger charge is 2.37. The van der Waals surface area contributed by atoms with E-state index >= 15 is 0 Å². The highest BCUT2D eigenvalue weighted by Crippen LogP contribution is 2.38. The highest BCUT2D eigenvalue weighted by molar-refractivity contribution is 4.90. The molecule has 0 aromatic rings. The average molecular weight is 224 g/mol. The lowest BCUT2D eigenvalue weighted by Gasteiger charge is -2.25. The third-order valence-electron chi connectivity index (χ3n) is 4.49. The molecule has 1 saturated heterocycles. The summed E-state index contributed by atoms with van der Waals surface area (Å²) < 4.78 is 0. The summed E-state index contributed by atoms with van der Waals surface area (Å²) in [5.41, 5.74) is 0. The molecule has 1 saturated carbocycles. The SMILES string of the molecule is CC(C)NCCC(C)N1CC2CCCC2C1. The predicted molar refractivity (Wildman–Crippen MR) is 69.6 cm³/mol. The van der Waals surface area contributed by atoms with Crippen molar-refractivity contribution in [2.24, 2.45) is 11.8 Å². The third kappa shape index (κ3) is 2.98. The molecule has 2 heteroatoms. The fraction of sp³-hybridized carbons (Fsp3) is 1.00. The first-order valence-electron chi connectivity index (χ1n) is 7.14. The van der Waals surface area contributed by atoms with Crippen LogP contribution < -0.4 is 5.32 Å². The summed E-state index contributed by atoms with van der Waals surface area (Å²) >= 11 is 0. The maximum Gasteiger partial charge on any atom is 0.00792 e. The molecule has 2 fully saturated rings. The van der Waals surface area contributed by atoms with Gasteiger partial charge in [0.05, 0.1) is 0 Å². The maximum absolute atomic E-state index is 3.52. The Hall–Kier alpha value is -0.0800. The fourth-order valence-corrected chi connectivity index (χ4v) is 3.39. The van der Waals surface area contributed by atoms with Gasteiger partial charge in [0.1, 0.15) is 0 Å². The van der Waals surface area contributed by atoms with E-state index in [1.807, 2.05) is 0 Å². The van der Waals surface area contributed by atoms with Gasteiger partial charge in [-0.2, -0.15) is 0 Å². The standard InChI is InChI=1S/C14H28N2/c1-11(2)15-8-7-12(3)16-9-13-5-4-6-14(13)10-16/h11-15H,4-10H2,1-3H3. The molecular formula is C14H28N2. The van der Waals surface area contributed by atoms with E-state index in [4.69, 9.17) is 0 Å². The number of nitrogens with zero attached hydrogens (tertiary/aromatic N) is 1. The second-order valence-electron chi connectivity index (χ2n) is 6.15. The molecule has 1 aliphatic heterocycles. The van der Waals surface area contributed by atoms with Crippen LogP contribution >= 0.6 is 0 Å². The van der Waals surface area contributed by atoms with Crippen LogP contribution in [0.2, 0.25) is 0 Å². The van der Waals surface area contributed by atoms with E-state index in [1.165, 1.54) is 45.3 Å². The van der Waals surface area contributed by atoms with Crippen molar-refractivity contribution in [1.82, 2.24) is 10.2 Å². The molecule has 1 heterocycles. The monoisotopic (exact) mass is 224 g/mol. The molecule has 2 aliphatic rings. The highest BCUT2D eigenvalue weighted by atomic mass is 15.2. The topological polar surface area (TPSA) is 15.3 Å². The zero-order valence-electron chi connectivity index (χ0n) is 11.2. The van der Waals surface area contributed by atoms with E-state index in [0.29, 0.717) is 6.04 Å². The lowest BCUT2D eigenvalue weighted by atomic mass is 10.0. The van der Waals surface area contributed by atoms with Crippen molar-refractivity contribution < 1.29 is 0 Å². The van der Waals surface area contributed by atoms with Gasteiger partial charge in [-0.05, 0) is 44.6 Å². The van der Waals surface area contributed by atoms with Crippen LogP contribution in [0.15, 0.2) is 0 Å². The van der Waals surface area contributed by atoms with Crippen molar-refractivity contribution in [1.29, 1.82) is 0 Å². The average Bonchev–Trinajstić information content (AvgIpc) is 2.75. The maximum atomic E-state index is 3.52. The Morgan fingerprint density at radius 3 is 2.31 bits per heavy atom. The molecule has 0 spiro atoms. The van der Waals surface area contributed by atoms with Gasteiger partial charge in [-0.1, -0.05) is 20.3 Å². The van der Waals surface area contributed by atoms with Crippen LogP contribution in [0.5, 0.6) is 0 Å².